The van der Waals surface area contributed by atoms with E-state index in [4.69, 9.17) is 16.3 Å². The van der Waals surface area contributed by atoms with Crippen LogP contribution in [0.5, 0.6) is 5.75 Å². The summed E-state index contributed by atoms with van der Waals surface area (Å²) in [4.78, 5) is 0. The summed E-state index contributed by atoms with van der Waals surface area (Å²) in [5.74, 6) is 0.366. The Hall–Kier alpha value is 0.541. The maximum Gasteiger partial charge on any atom is 1.00 e. The second kappa shape index (κ2) is 7.36. The van der Waals surface area contributed by atoms with E-state index < -0.39 is 19.1 Å². The zero-order valence-corrected chi connectivity index (χ0v) is 14.4. The van der Waals surface area contributed by atoms with Crippen molar-refractivity contribution < 1.29 is 69.1 Å². The van der Waals surface area contributed by atoms with Crippen molar-refractivity contribution in [3.05, 3.63) is 40.3 Å². The van der Waals surface area contributed by atoms with Crippen molar-refractivity contribution in [3.63, 3.8) is 0 Å². The number of hydrogen-bond acceptors (Lipinski definition) is 1. The molecule has 0 bridgehead atoms. The molecule has 0 fully saturated rings. The van der Waals surface area contributed by atoms with Crippen molar-refractivity contribution >= 4 is 18.6 Å². The van der Waals surface area contributed by atoms with Crippen molar-refractivity contribution in [3.8, 4) is 5.75 Å². The third kappa shape index (κ3) is 5.27. The molecular weight excluding hydrogens is 290 g/mol. The first-order valence-electron chi connectivity index (χ1n) is 4.99. The van der Waals surface area contributed by atoms with Gasteiger partial charge in [0.1, 0.15) is 5.75 Å². The summed E-state index contributed by atoms with van der Waals surface area (Å²) in [5.41, 5.74) is 0.685. The van der Waals surface area contributed by atoms with E-state index in [9.17, 15) is 12.9 Å². The molecule has 0 N–H and O–H groups in total. The van der Waals surface area contributed by atoms with E-state index >= 15 is 0 Å². The maximum atomic E-state index is 12.2. The molecule has 18 heavy (non-hydrogen) atoms. The van der Waals surface area contributed by atoms with Crippen LogP contribution in [0, 0.1) is 13.8 Å². The molecule has 0 aliphatic heterocycles. The minimum Gasteiger partial charge on any atom is -0.492 e. The van der Waals surface area contributed by atoms with E-state index in [0.717, 1.165) is 11.1 Å². The summed E-state index contributed by atoms with van der Waals surface area (Å²) in [6.07, 6.45) is 0. The van der Waals surface area contributed by atoms with Crippen molar-refractivity contribution in [1.82, 2.24) is 0 Å². The van der Waals surface area contributed by atoms with E-state index in [1.54, 1.807) is 26.0 Å². The van der Waals surface area contributed by atoms with E-state index in [1.807, 2.05) is 0 Å². The van der Waals surface area contributed by atoms with Gasteiger partial charge in [-0.05, 0) is 37.1 Å². The zero-order chi connectivity index (χ0) is 13.2. The Labute approximate surface area is 152 Å². The fourth-order valence-electron chi connectivity index (χ4n) is 1.26. The monoisotopic (exact) mass is 302 g/mol. The van der Waals surface area contributed by atoms with Crippen LogP contribution < -0.4 is 56.1 Å². The van der Waals surface area contributed by atoms with Gasteiger partial charge in [-0.15, -0.1) is 12.1 Å². The summed E-state index contributed by atoms with van der Waals surface area (Å²) >= 11 is 5.93. The number of hydrogen-bond donors (Lipinski definition) is 0. The molecule has 7 heteroatoms. The topological polar surface area (TPSA) is 9.23 Å². The normalized spacial score (nSPS) is 10.8. The van der Waals surface area contributed by atoms with Crippen LogP contribution in [0.15, 0.2) is 24.2 Å². The molecule has 0 aliphatic carbocycles. The molecule has 0 aromatic heterocycles. The Morgan fingerprint density at radius 1 is 1.28 bits per heavy atom. The zero-order valence-electron chi connectivity index (χ0n) is 10.6. The van der Waals surface area contributed by atoms with E-state index in [0.29, 0.717) is 10.8 Å². The minimum atomic E-state index is -5.04. The molecule has 0 saturated heterocycles. The summed E-state index contributed by atoms with van der Waals surface area (Å²) in [6.45, 7) is 0.900. The number of ether oxygens (including phenoxy) is 1. The number of rotatable bonds is 4. The van der Waals surface area contributed by atoms with Gasteiger partial charge >= 0.3 is 58.4 Å². The second-order valence-electron chi connectivity index (χ2n) is 3.89. The van der Waals surface area contributed by atoms with Crippen LogP contribution in [0.1, 0.15) is 11.1 Å². The van der Waals surface area contributed by atoms with Gasteiger partial charge in [0.25, 0.3) is 0 Å². The van der Waals surface area contributed by atoms with E-state index in [2.05, 4.69) is 6.58 Å². The second-order valence-corrected chi connectivity index (χ2v) is 4.27. The predicted molar refractivity (Wildman–Crippen MR) is 64.6 cm³/mol. The van der Waals surface area contributed by atoms with Crippen LogP contribution in [0.2, 0.25) is 5.02 Å². The van der Waals surface area contributed by atoms with Gasteiger partial charge in [-0.1, -0.05) is 11.6 Å². The minimum absolute atomic E-state index is 0. The summed E-state index contributed by atoms with van der Waals surface area (Å²) in [7, 11) is 0. The summed E-state index contributed by atoms with van der Waals surface area (Å²) < 4.78 is 41.8. The molecule has 1 aromatic carbocycles. The fourth-order valence-corrected chi connectivity index (χ4v) is 1.37. The van der Waals surface area contributed by atoms with Gasteiger partial charge < -0.3 is 17.7 Å². The van der Waals surface area contributed by atoms with Crippen molar-refractivity contribution in [1.29, 1.82) is 0 Å². The van der Waals surface area contributed by atoms with E-state index in [-0.39, 0.29) is 51.4 Å². The van der Waals surface area contributed by atoms with Crippen molar-refractivity contribution in [2.45, 2.75) is 13.8 Å². The first kappa shape index (κ1) is 18.5. The van der Waals surface area contributed by atoms with Crippen LogP contribution in [0.3, 0.4) is 0 Å². The van der Waals surface area contributed by atoms with Crippen molar-refractivity contribution in [2.24, 2.45) is 0 Å². The van der Waals surface area contributed by atoms with Gasteiger partial charge in [-0.25, -0.2) is 0 Å². The van der Waals surface area contributed by atoms with Crippen LogP contribution in [0.25, 0.3) is 0 Å². The first-order chi connectivity index (χ1) is 7.71. The van der Waals surface area contributed by atoms with Gasteiger partial charge in [0.15, 0.2) is 0 Å². The standard InChI is InChI=1S/C11H12BClF3O.K/c1-7-4-10(5-8(2)11(7)13)17-6-9(3)12(14,15)16;/h4-5H,3,6H2,1-2H3;/q-1;+1. The Bertz CT molecular complexity index is 425. The molecule has 0 aliphatic rings. The molecule has 0 saturated carbocycles. The molecule has 0 radical (unpaired) electrons. The molecule has 0 spiro atoms. The van der Waals surface area contributed by atoms with Gasteiger partial charge in [-0.2, -0.15) is 0 Å². The molecule has 0 amide bonds. The molecule has 1 aromatic rings. The number of benzene rings is 1. The molecule has 0 heterocycles. The Balaban J connectivity index is 0.00000289. The molecule has 0 unspecified atom stereocenters. The average molecular weight is 303 g/mol. The SMILES string of the molecule is C=C(COc1cc(C)c(Cl)c(C)c1)[B-](F)(F)F.[K+]. The van der Waals surface area contributed by atoms with Crippen LogP contribution in [0.4, 0.5) is 12.9 Å². The third-order valence-electron chi connectivity index (χ3n) is 2.30. The van der Waals surface area contributed by atoms with Gasteiger partial charge in [0.2, 0.25) is 0 Å². The largest absolute Gasteiger partial charge is 1.00 e. The summed E-state index contributed by atoms with van der Waals surface area (Å²) in [6, 6.07) is 3.21. The van der Waals surface area contributed by atoms with Crippen LogP contribution in [-0.4, -0.2) is 13.6 Å². The molecule has 1 rings (SSSR count). The summed E-state index contributed by atoms with van der Waals surface area (Å²) in [5, 5.41) is 0.594. The Morgan fingerprint density at radius 3 is 2.11 bits per heavy atom. The van der Waals surface area contributed by atoms with E-state index in [1.165, 1.54) is 0 Å². The van der Waals surface area contributed by atoms with Crippen molar-refractivity contribution in [2.75, 3.05) is 6.61 Å². The number of halogens is 4. The van der Waals surface area contributed by atoms with Gasteiger partial charge in [-0.3, -0.25) is 0 Å². The third-order valence-corrected chi connectivity index (χ3v) is 2.89. The Morgan fingerprint density at radius 2 is 1.72 bits per heavy atom. The predicted octanol–water partition coefficient (Wildman–Crippen LogP) is 1.28. The first-order valence-corrected chi connectivity index (χ1v) is 5.36. The quantitative estimate of drug-likeness (QED) is 0.762. The average Bonchev–Trinajstić information content (AvgIpc) is 2.20. The van der Waals surface area contributed by atoms with Crippen LogP contribution in [-0.2, 0) is 0 Å². The molecule has 94 valence electrons. The fraction of sp³-hybridized carbons (Fsp3) is 0.273. The maximum absolute atomic E-state index is 12.2. The smallest absolute Gasteiger partial charge is 0.492 e. The van der Waals surface area contributed by atoms with Crippen LogP contribution >= 0.6 is 11.6 Å². The molecular formula is C11H12BClF3KO. The molecule has 1 nitrogen and oxygen atoms in total. The Kier molecular flexibility index (Phi) is 7.58. The number of aryl methyl sites for hydroxylation is 2. The van der Waals surface area contributed by atoms with Gasteiger partial charge in [0.05, 0.1) is 6.61 Å². The van der Waals surface area contributed by atoms with Gasteiger partial charge in [0, 0.05) is 5.02 Å². The molecule has 0 atom stereocenters.